The maximum atomic E-state index is 12.1. The summed E-state index contributed by atoms with van der Waals surface area (Å²) in [4.78, 5) is 3.08. The van der Waals surface area contributed by atoms with Crippen LogP contribution in [0.1, 0.15) is 6.92 Å². The van der Waals surface area contributed by atoms with Crippen molar-refractivity contribution in [2.45, 2.75) is 13.3 Å². The molecule has 64 valence electrons. The minimum absolute atomic E-state index is 0.150. The minimum atomic E-state index is -2.76. The van der Waals surface area contributed by atoms with E-state index < -0.39 is 12.1 Å². The summed E-state index contributed by atoms with van der Waals surface area (Å²) >= 11 is 0. The van der Waals surface area contributed by atoms with E-state index >= 15 is 0 Å². The Hall–Kier alpha value is -1.50. The molecule has 2 nitrogen and oxygen atoms in total. The van der Waals surface area contributed by atoms with Crippen molar-refractivity contribution in [2.75, 3.05) is 0 Å². The molecule has 12 heavy (non-hydrogen) atoms. The highest BCUT2D eigenvalue weighted by atomic mass is 19.3. The number of rotatable bonds is 3. The van der Waals surface area contributed by atoms with Gasteiger partial charge in [-0.25, -0.2) is 8.78 Å². The van der Waals surface area contributed by atoms with E-state index in [1.807, 2.05) is 0 Å². The first kappa shape index (κ1) is 10.5. The molecule has 4 heteroatoms. The largest absolute Gasteiger partial charge is 0.281 e. The van der Waals surface area contributed by atoms with Crippen LogP contribution in [-0.2, 0) is 0 Å². The van der Waals surface area contributed by atoms with Crippen LogP contribution in [-0.4, -0.2) is 13.1 Å². The van der Waals surface area contributed by atoms with Gasteiger partial charge in [-0.15, -0.1) is 0 Å². The molecule has 0 aliphatic heterocycles. The van der Waals surface area contributed by atoms with Gasteiger partial charge in [-0.2, -0.15) is 5.26 Å². The van der Waals surface area contributed by atoms with Crippen LogP contribution in [0.3, 0.4) is 0 Å². The first-order valence-electron chi connectivity index (χ1n) is 3.19. The van der Waals surface area contributed by atoms with E-state index in [0.29, 0.717) is 0 Å². The second kappa shape index (κ2) is 5.19. The summed E-state index contributed by atoms with van der Waals surface area (Å²) in [5, 5.41) is 8.43. The fourth-order valence-electron chi connectivity index (χ4n) is 0.618. The number of allylic oxidation sites excluding steroid dienone is 4. The Morgan fingerprint density at radius 2 is 2.25 bits per heavy atom. The van der Waals surface area contributed by atoms with E-state index in [1.165, 1.54) is 12.2 Å². The predicted molar refractivity (Wildman–Crippen MR) is 43.0 cm³/mol. The second-order valence-electron chi connectivity index (χ2n) is 1.87. The van der Waals surface area contributed by atoms with Crippen LogP contribution in [0.4, 0.5) is 8.78 Å². The Labute approximate surface area is 69.5 Å². The number of aliphatic imine (C=N–C) groups is 1. The number of nitrogens with zero attached hydrogens (tertiary/aromatic N) is 2. The Kier molecular flexibility index (Phi) is 4.54. The maximum Gasteiger partial charge on any atom is 0.281 e. The van der Waals surface area contributed by atoms with Crippen molar-refractivity contribution in [3.8, 4) is 6.07 Å². The average Bonchev–Trinajstić information content (AvgIpc) is 2.03. The Balaban J connectivity index is 5.04. The minimum Gasteiger partial charge on any atom is -0.262 e. The van der Waals surface area contributed by atoms with E-state index in [4.69, 9.17) is 5.26 Å². The highest BCUT2D eigenvalue weighted by Gasteiger charge is 2.13. The maximum absolute atomic E-state index is 12.1. The van der Waals surface area contributed by atoms with Gasteiger partial charge in [0.1, 0.15) is 11.8 Å². The molecule has 0 aromatic heterocycles. The predicted octanol–water partition coefficient (Wildman–Crippen LogP) is 2.31. The van der Waals surface area contributed by atoms with E-state index in [-0.39, 0.29) is 5.57 Å². The molecule has 0 saturated carbocycles. The summed E-state index contributed by atoms with van der Waals surface area (Å²) in [5.74, 6) is 0. The second-order valence-corrected chi connectivity index (χ2v) is 1.87. The Bertz CT molecular complexity index is 259. The molecule has 0 unspecified atom stereocenters. The van der Waals surface area contributed by atoms with Gasteiger partial charge in [-0.3, -0.25) is 4.99 Å². The third kappa shape index (κ3) is 2.62. The zero-order chi connectivity index (χ0) is 9.56. The summed E-state index contributed by atoms with van der Waals surface area (Å²) in [5.41, 5.74) is -0.724. The van der Waals surface area contributed by atoms with Crippen molar-refractivity contribution in [3.63, 3.8) is 0 Å². The molecule has 0 heterocycles. The number of halogens is 2. The normalized spacial score (nSPS) is 12.9. The summed E-state index contributed by atoms with van der Waals surface area (Å²) < 4.78 is 24.2. The van der Waals surface area contributed by atoms with Crippen LogP contribution in [0.5, 0.6) is 0 Å². The fourth-order valence-corrected chi connectivity index (χ4v) is 0.618. The topological polar surface area (TPSA) is 36.1 Å². The van der Waals surface area contributed by atoms with Crippen molar-refractivity contribution >= 4 is 6.72 Å². The van der Waals surface area contributed by atoms with Crippen molar-refractivity contribution in [1.29, 1.82) is 5.26 Å². The molecule has 0 aromatic rings. The van der Waals surface area contributed by atoms with Gasteiger partial charge >= 0.3 is 0 Å². The number of hydrogen-bond acceptors (Lipinski definition) is 2. The summed E-state index contributed by atoms with van der Waals surface area (Å²) in [6.07, 6.45) is 0.01000. The van der Waals surface area contributed by atoms with Crippen molar-refractivity contribution < 1.29 is 8.78 Å². The molecule has 0 radical (unpaired) electrons. The van der Waals surface area contributed by atoms with Gasteiger partial charge in [0.2, 0.25) is 0 Å². The highest BCUT2D eigenvalue weighted by molar-refractivity contribution is 5.42. The van der Waals surface area contributed by atoms with Crippen LogP contribution in [0.2, 0.25) is 0 Å². The van der Waals surface area contributed by atoms with Gasteiger partial charge in [0.05, 0.1) is 5.57 Å². The molecule has 0 aliphatic carbocycles. The molecule has 0 saturated heterocycles. The molecule has 0 spiro atoms. The van der Waals surface area contributed by atoms with Crippen LogP contribution in [0.15, 0.2) is 28.4 Å². The zero-order valence-corrected chi connectivity index (χ0v) is 6.59. The summed E-state index contributed by atoms with van der Waals surface area (Å²) in [6.45, 7) is 4.59. The first-order chi connectivity index (χ1) is 5.67. The SMILES string of the molecule is C=N/C(=C(C#N)\C=C/C)C(F)F. The molecule has 0 aromatic carbocycles. The number of alkyl halides is 2. The monoisotopic (exact) mass is 170 g/mol. The molecule has 0 rings (SSSR count). The molecule has 0 fully saturated rings. The van der Waals surface area contributed by atoms with Crippen LogP contribution >= 0.6 is 0 Å². The lowest BCUT2D eigenvalue weighted by atomic mass is 10.2. The van der Waals surface area contributed by atoms with Gasteiger partial charge in [0, 0.05) is 0 Å². The molecule has 0 aliphatic rings. The van der Waals surface area contributed by atoms with Crippen molar-refractivity contribution in [1.82, 2.24) is 0 Å². The van der Waals surface area contributed by atoms with Crippen molar-refractivity contribution in [2.24, 2.45) is 4.99 Å². The lowest BCUT2D eigenvalue weighted by molar-refractivity contribution is 0.188. The third-order valence-electron chi connectivity index (χ3n) is 1.11. The fraction of sp³-hybridized carbons (Fsp3) is 0.250. The van der Waals surface area contributed by atoms with Gasteiger partial charge in [0.25, 0.3) is 6.43 Å². The van der Waals surface area contributed by atoms with Crippen molar-refractivity contribution in [3.05, 3.63) is 23.4 Å². The molecular weight excluding hydrogens is 162 g/mol. The lowest BCUT2D eigenvalue weighted by Gasteiger charge is -1.98. The third-order valence-corrected chi connectivity index (χ3v) is 1.11. The van der Waals surface area contributed by atoms with E-state index in [9.17, 15) is 8.78 Å². The first-order valence-corrected chi connectivity index (χ1v) is 3.19. The number of hydrogen-bond donors (Lipinski definition) is 0. The zero-order valence-electron chi connectivity index (χ0n) is 6.59. The average molecular weight is 170 g/mol. The van der Waals surface area contributed by atoms with E-state index in [0.717, 1.165) is 0 Å². The van der Waals surface area contributed by atoms with Gasteiger partial charge in [-0.1, -0.05) is 6.08 Å². The molecule has 0 bridgehead atoms. The molecule has 0 amide bonds. The standard InChI is InChI=1S/C8H8F2N2/c1-3-4-6(5-11)7(12-2)8(9)10/h3-4,8H,2H2,1H3/b4-3-,7-6+. The quantitative estimate of drug-likeness (QED) is 0.363. The van der Waals surface area contributed by atoms with Gasteiger partial charge in [-0.05, 0) is 19.7 Å². The lowest BCUT2D eigenvalue weighted by Crippen LogP contribution is -1.96. The molecular formula is C8H8F2N2. The van der Waals surface area contributed by atoms with Crippen LogP contribution in [0, 0.1) is 11.3 Å². The summed E-state index contributed by atoms with van der Waals surface area (Å²) in [6, 6.07) is 1.61. The van der Waals surface area contributed by atoms with E-state index in [2.05, 4.69) is 11.7 Å². The smallest absolute Gasteiger partial charge is 0.262 e. The Morgan fingerprint density at radius 1 is 1.67 bits per heavy atom. The molecule has 0 N–H and O–H groups in total. The number of nitriles is 1. The summed E-state index contributed by atoms with van der Waals surface area (Å²) in [7, 11) is 0. The Morgan fingerprint density at radius 3 is 2.50 bits per heavy atom. The van der Waals surface area contributed by atoms with Crippen LogP contribution in [0.25, 0.3) is 0 Å². The van der Waals surface area contributed by atoms with E-state index in [1.54, 1.807) is 13.0 Å². The van der Waals surface area contributed by atoms with Gasteiger partial charge < -0.3 is 0 Å². The van der Waals surface area contributed by atoms with Gasteiger partial charge in [0.15, 0.2) is 0 Å². The molecule has 0 atom stereocenters. The highest BCUT2D eigenvalue weighted by Crippen LogP contribution is 2.15. The van der Waals surface area contributed by atoms with Crippen LogP contribution < -0.4 is 0 Å².